The molecule has 0 N–H and O–H groups in total. The Morgan fingerprint density at radius 2 is 2.08 bits per heavy atom. The number of carbonyl (C=O) groups excluding carboxylic acids is 1. The first-order chi connectivity index (χ1) is 12.2. The van der Waals surface area contributed by atoms with E-state index in [1.807, 2.05) is 24.2 Å². The zero-order valence-electron chi connectivity index (χ0n) is 14.9. The molecule has 0 radical (unpaired) electrons. The summed E-state index contributed by atoms with van der Waals surface area (Å²) in [6.07, 6.45) is 10.3. The molecule has 0 aromatic carbocycles. The van der Waals surface area contributed by atoms with Gasteiger partial charge >= 0.3 is 0 Å². The summed E-state index contributed by atoms with van der Waals surface area (Å²) < 4.78 is 0. The third-order valence-corrected chi connectivity index (χ3v) is 5.51. The molecule has 1 saturated carbocycles. The summed E-state index contributed by atoms with van der Waals surface area (Å²) in [5.41, 5.74) is 5.49. The van der Waals surface area contributed by atoms with Crippen LogP contribution >= 0.6 is 0 Å². The quantitative estimate of drug-likeness (QED) is 0.854. The van der Waals surface area contributed by atoms with Crippen LogP contribution in [0.1, 0.15) is 48.9 Å². The van der Waals surface area contributed by atoms with Crippen molar-refractivity contribution in [1.82, 2.24) is 14.9 Å². The summed E-state index contributed by atoms with van der Waals surface area (Å²) in [7, 11) is 0. The van der Waals surface area contributed by atoms with Crippen LogP contribution in [0.15, 0.2) is 30.6 Å². The van der Waals surface area contributed by atoms with Crippen LogP contribution in [0.2, 0.25) is 0 Å². The van der Waals surface area contributed by atoms with Crippen LogP contribution < -0.4 is 0 Å². The van der Waals surface area contributed by atoms with Gasteiger partial charge in [0.05, 0.1) is 5.69 Å². The molecule has 0 saturated heterocycles. The minimum Gasteiger partial charge on any atom is -0.338 e. The Morgan fingerprint density at radius 1 is 1.24 bits per heavy atom. The maximum absolute atomic E-state index is 12.6. The Kier molecular flexibility index (Phi) is 4.51. The molecule has 2 aliphatic rings. The highest BCUT2D eigenvalue weighted by molar-refractivity contribution is 5.76. The molecule has 4 nitrogen and oxygen atoms in total. The number of amides is 1. The van der Waals surface area contributed by atoms with E-state index in [2.05, 4.69) is 23.2 Å². The fraction of sp³-hybridized carbons (Fsp3) is 0.476. The number of nitrogens with zero attached hydrogens (tertiary/aromatic N) is 3. The van der Waals surface area contributed by atoms with Crippen molar-refractivity contribution >= 4 is 5.91 Å². The molecule has 2 aromatic heterocycles. The highest BCUT2D eigenvalue weighted by Crippen LogP contribution is 2.29. The normalized spacial score (nSPS) is 17.6. The average Bonchev–Trinajstić information content (AvgIpc) is 3.14. The summed E-state index contributed by atoms with van der Waals surface area (Å²) in [6.45, 7) is 3.55. The first-order valence-electron chi connectivity index (χ1n) is 9.37. The van der Waals surface area contributed by atoms with Crippen LogP contribution in [-0.4, -0.2) is 27.3 Å². The van der Waals surface area contributed by atoms with E-state index in [9.17, 15) is 4.79 Å². The molecule has 0 atom stereocenters. The molecule has 1 amide bonds. The van der Waals surface area contributed by atoms with Crippen LogP contribution in [0.4, 0.5) is 0 Å². The number of aromatic nitrogens is 2. The molecule has 1 aliphatic carbocycles. The fourth-order valence-corrected chi connectivity index (χ4v) is 4.08. The van der Waals surface area contributed by atoms with Gasteiger partial charge in [-0.15, -0.1) is 0 Å². The van der Waals surface area contributed by atoms with Gasteiger partial charge in [-0.3, -0.25) is 14.8 Å². The van der Waals surface area contributed by atoms with Gasteiger partial charge in [-0.25, -0.2) is 0 Å². The first kappa shape index (κ1) is 16.2. The minimum atomic E-state index is 0.324. The van der Waals surface area contributed by atoms with Gasteiger partial charge in [-0.2, -0.15) is 0 Å². The van der Waals surface area contributed by atoms with E-state index < -0.39 is 0 Å². The van der Waals surface area contributed by atoms with Crippen molar-refractivity contribution in [3.63, 3.8) is 0 Å². The third kappa shape index (κ3) is 3.58. The van der Waals surface area contributed by atoms with Gasteiger partial charge in [0.2, 0.25) is 5.91 Å². The maximum atomic E-state index is 12.6. The van der Waals surface area contributed by atoms with Gasteiger partial charge in [-0.05, 0) is 48.9 Å². The number of rotatable bonds is 3. The van der Waals surface area contributed by atoms with E-state index in [0.29, 0.717) is 18.4 Å². The molecule has 130 valence electrons. The predicted molar refractivity (Wildman–Crippen MR) is 97.9 cm³/mol. The molecule has 0 spiro atoms. The van der Waals surface area contributed by atoms with E-state index in [0.717, 1.165) is 41.9 Å². The lowest BCUT2D eigenvalue weighted by Gasteiger charge is -2.29. The minimum absolute atomic E-state index is 0.324. The van der Waals surface area contributed by atoms with Crippen LogP contribution in [0, 0.1) is 12.8 Å². The highest BCUT2D eigenvalue weighted by Gasteiger charge is 2.25. The lowest BCUT2D eigenvalue weighted by atomic mass is 10.00. The Morgan fingerprint density at radius 3 is 2.88 bits per heavy atom. The van der Waals surface area contributed by atoms with Gasteiger partial charge < -0.3 is 4.90 Å². The number of pyridine rings is 2. The van der Waals surface area contributed by atoms with E-state index in [-0.39, 0.29) is 0 Å². The number of fused-ring (bicyclic) bond motifs is 1. The zero-order chi connectivity index (χ0) is 17.2. The van der Waals surface area contributed by atoms with Crippen molar-refractivity contribution in [3.05, 3.63) is 47.4 Å². The molecule has 4 rings (SSSR count). The summed E-state index contributed by atoms with van der Waals surface area (Å²) in [5, 5.41) is 0. The second kappa shape index (κ2) is 6.95. The van der Waals surface area contributed by atoms with E-state index in [4.69, 9.17) is 4.98 Å². The second-order valence-corrected chi connectivity index (χ2v) is 7.47. The molecule has 4 heteroatoms. The molecule has 3 heterocycles. The number of carbonyl (C=O) groups is 1. The van der Waals surface area contributed by atoms with Crippen molar-refractivity contribution < 1.29 is 4.79 Å². The van der Waals surface area contributed by atoms with Crippen molar-refractivity contribution in [1.29, 1.82) is 0 Å². The summed E-state index contributed by atoms with van der Waals surface area (Å²) >= 11 is 0. The van der Waals surface area contributed by atoms with E-state index in [1.165, 1.54) is 31.2 Å². The first-order valence-corrected chi connectivity index (χ1v) is 9.37. The molecular formula is C21H25N3O. The highest BCUT2D eigenvalue weighted by atomic mass is 16.2. The summed E-state index contributed by atoms with van der Waals surface area (Å²) in [5.74, 6) is 0.938. The standard InChI is InChI=1S/C21H25N3O/c1-15-10-18(13-22-12-15)19-7-6-17-14-24(9-8-20(17)23-19)21(25)11-16-4-2-3-5-16/h6-7,10,12-13,16H,2-5,8-9,11,14H2,1H3. The smallest absolute Gasteiger partial charge is 0.223 e. The summed E-state index contributed by atoms with van der Waals surface area (Å²) in [6, 6.07) is 6.30. The van der Waals surface area contributed by atoms with Gasteiger partial charge in [0.1, 0.15) is 0 Å². The molecule has 1 aliphatic heterocycles. The largest absolute Gasteiger partial charge is 0.338 e. The Labute approximate surface area is 149 Å². The van der Waals surface area contributed by atoms with Crippen molar-refractivity contribution in [2.45, 2.75) is 52.0 Å². The van der Waals surface area contributed by atoms with Gasteiger partial charge in [-0.1, -0.05) is 18.9 Å². The Hall–Kier alpha value is -2.23. The molecule has 2 aromatic rings. The average molecular weight is 335 g/mol. The lowest BCUT2D eigenvalue weighted by molar-refractivity contribution is -0.133. The predicted octanol–water partition coefficient (Wildman–Crippen LogP) is 3.92. The Bertz CT molecular complexity index is 780. The van der Waals surface area contributed by atoms with Crippen LogP contribution in [0.3, 0.4) is 0 Å². The van der Waals surface area contributed by atoms with Crippen LogP contribution in [0.25, 0.3) is 11.3 Å². The van der Waals surface area contributed by atoms with Crippen LogP contribution in [-0.2, 0) is 17.8 Å². The van der Waals surface area contributed by atoms with Crippen molar-refractivity contribution in [2.24, 2.45) is 5.92 Å². The third-order valence-electron chi connectivity index (χ3n) is 5.51. The van der Waals surface area contributed by atoms with Gasteiger partial charge in [0.15, 0.2) is 0 Å². The lowest BCUT2D eigenvalue weighted by Crippen LogP contribution is -2.37. The molecular weight excluding hydrogens is 310 g/mol. The fourth-order valence-electron chi connectivity index (χ4n) is 4.08. The second-order valence-electron chi connectivity index (χ2n) is 7.47. The number of hydrogen-bond acceptors (Lipinski definition) is 3. The van der Waals surface area contributed by atoms with Gasteiger partial charge in [0, 0.05) is 49.6 Å². The van der Waals surface area contributed by atoms with E-state index in [1.54, 1.807) is 0 Å². The van der Waals surface area contributed by atoms with E-state index >= 15 is 0 Å². The van der Waals surface area contributed by atoms with Crippen molar-refractivity contribution in [3.8, 4) is 11.3 Å². The molecule has 1 fully saturated rings. The molecule has 0 bridgehead atoms. The zero-order valence-corrected chi connectivity index (χ0v) is 14.9. The van der Waals surface area contributed by atoms with Gasteiger partial charge in [0.25, 0.3) is 0 Å². The summed E-state index contributed by atoms with van der Waals surface area (Å²) in [4.78, 5) is 23.7. The molecule has 0 unspecified atom stereocenters. The monoisotopic (exact) mass is 335 g/mol. The SMILES string of the molecule is Cc1cncc(-c2ccc3c(n2)CCN(C(=O)CC2CCCC2)C3)c1. The number of aryl methyl sites for hydroxylation is 1. The Balaban J connectivity index is 1.47. The molecule has 25 heavy (non-hydrogen) atoms. The maximum Gasteiger partial charge on any atom is 0.223 e. The topological polar surface area (TPSA) is 46.1 Å². The van der Waals surface area contributed by atoms with Crippen molar-refractivity contribution in [2.75, 3.05) is 6.54 Å². The number of hydrogen-bond donors (Lipinski definition) is 0. The van der Waals surface area contributed by atoms with Crippen LogP contribution in [0.5, 0.6) is 0 Å².